The van der Waals surface area contributed by atoms with Crippen molar-refractivity contribution in [3.05, 3.63) is 34.9 Å². The molecule has 0 radical (unpaired) electrons. The molecule has 0 fully saturated rings. The number of hydrogen-bond donors (Lipinski definition) is 2. The molecule has 0 amide bonds. The largest absolute Gasteiger partial charge is 0.396 e. The molecule has 0 saturated carbocycles. The normalized spacial score (nSPS) is 15.8. The van der Waals surface area contributed by atoms with Gasteiger partial charge in [-0.15, -0.1) is 0 Å². The first-order valence-corrected chi connectivity index (χ1v) is 5.82. The smallest absolute Gasteiger partial charge is 0.0434 e. The molecule has 0 aromatic heterocycles. The second kappa shape index (κ2) is 5.29. The van der Waals surface area contributed by atoms with Gasteiger partial charge in [0.15, 0.2) is 0 Å². The molecule has 0 spiro atoms. The van der Waals surface area contributed by atoms with Crippen LogP contribution in [0.25, 0.3) is 0 Å². The number of hydrogen-bond acceptors (Lipinski definition) is 2. The third-order valence-corrected chi connectivity index (χ3v) is 3.01. The number of rotatable bonds is 3. The Labute approximate surface area is 91.3 Å². The second-order valence-corrected chi connectivity index (χ2v) is 4.21. The Hall–Kier alpha value is -0.860. The molecule has 1 aromatic rings. The van der Waals surface area contributed by atoms with Crippen LogP contribution in [0.1, 0.15) is 29.5 Å². The molecule has 1 aromatic carbocycles. The van der Waals surface area contributed by atoms with Crippen LogP contribution in [0.3, 0.4) is 0 Å². The Morgan fingerprint density at radius 2 is 2.20 bits per heavy atom. The van der Waals surface area contributed by atoms with Crippen molar-refractivity contribution in [1.29, 1.82) is 0 Å². The van der Waals surface area contributed by atoms with Crippen LogP contribution in [0.2, 0.25) is 0 Å². The van der Waals surface area contributed by atoms with E-state index >= 15 is 0 Å². The second-order valence-electron chi connectivity index (χ2n) is 4.21. The fraction of sp³-hybridized carbons (Fsp3) is 0.538. The highest BCUT2D eigenvalue weighted by Gasteiger charge is 2.07. The maximum atomic E-state index is 8.80. The van der Waals surface area contributed by atoms with E-state index in [1.54, 1.807) is 0 Å². The van der Waals surface area contributed by atoms with Crippen molar-refractivity contribution in [3.8, 4) is 0 Å². The lowest BCUT2D eigenvalue weighted by molar-refractivity contribution is 0.288. The average Bonchev–Trinajstić information content (AvgIpc) is 2.50. The number of aliphatic hydroxyl groups excluding tert-OH is 1. The molecule has 0 atom stereocenters. The summed E-state index contributed by atoms with van der Waals surface area (Å²) >= 11 is 0. The summed E-state index contributed by atoms with van der Waals surface area (Å²) in [7, 11) is 0. The highest BCUT2D eigenvalue weighted by molar-refractivity contribution is 5.33. The summed E-state index contributed by atoms with van der Waals surface area (Å²) in [5, 5.41) is 12.2. The topological polar surface area (TPSA) is 32.3 Å². The van der Waals surface area contributed by atoms with Gasteiger partial charge in [0.25, 0.3) is 0 Å². The van der Waals surface area contributed by atoms with Gasteiger partial charge >= 0.3 is 0 Å². The zero-order chi connectivity index (χ0) is 10.5. The summed E-state index contributed by atoms with van der Waals surface area (Å²) in [6, 6.07) is 6.76. The minimum Gasteiger partial charge on any atom is -0.396 e. The molecule has 15 heavy (non-hydrogen) atoms. The molecule has 82 valence electrons. The molecule has 0 aliphatic carbocycles. The summed E-state index contributed by atoms with van der Waals surface area (Å²) in [6.45, 7) is 2.41. The van der Waals surface area contributed by atoms with Crippen LogP contribution >= 0.6 is 0 Å². The molecule has 1 aliphatic heterocycles. The minimum absolute atomic E-state index is 0.287. The van der Waals surface area contributed by atoms with Gasteiger partial charge in [0.1, 0.15) is 0 Å². The lowest BCUT2D eigenvalue weighted by atomic mass is 9.99. The Balaban J connectivity index is 2.13. The Morgan fingerprint density at radius 1 is 1.27 bits per heavy atom. The lowest BCUT2D eigenvalue weighted by Gasteiger charge is -2.08. The molecule has 2 nitrogen and oxygen atoms in total. The third-order valence-electron chi connectivity index (χ3n) is 3.01. The van der Waals surface area contributed by atoms with E-state index in [2.05, 4.69) is 23.5 Å². The highest BCUT2D eigenvalue weighted by atomic mass is 16.2. The molecule has 0 bridgehead atoms. The first-order chi connectivity index (χ1) is 7.40. The summed E-state index contributed by atoms with van der Waals surface area (Å²) < 4.78 is 0. The van der Waals surface area contributed by atoms with Crippen molar-refractivity contribution in [3.63, 3.8) is 0 Å². The minimum atomic E-state index is 0.287. The van der Waals surface area contributed by atoms with Crippen molar-refractivity contribution < 1.29 is 5.11 Å². The van der Waals surface area contributed by atoms with Gasteiger partial charge in [-0.1, -0.05) is 18.2 Å². The van der Waals surface area contributed by atoms with E-state index < -0.39 is 0 Å². The highest BCUT2D eigenvalue weighted by Crippen LogP contribution is 2.17. The molecule has 0 unspecified atom stereocenters. The maximum absolute atomic E-state index is 8.80. The SMILES string of the molecule is OCCCc1ccc2c(c1)CNCCC2. The quantitative estimate of drug-likeness (QED) is 0.786. The van der Waals surface area contributed by atoms with Gasteiger partial charge in [-0.2, -0.15) is 0 Å². The molecule has 1 heterocycles. The Kier molecular flexibility index (Phi) is 3.75. The van der Waals surface area contributed by atoms with Crippen molar-refractivity contribution in [2.45, 2.75) is 32.2 Å². The zero-order valence-corrected chi connectivity index (χ0v) is 9.13. The lowest BCUT2D eigenvalue weighted by Crippen LogP contribution is -2.12. The van der Waals surface area contributed by atoms with Crippen molar-refractivity contribution in [2.24, 2.45) is 0 Å². The van der Waals surface area contributed by atoms with Crippen molar-refractivity contribution in [1.82, 2.24) is 5.32 Å². The van der Waals surface area contributed by atoms with Crippen LogP contribution in [-0.4, -0.2) is 18.3 Å². The van der Waals surface area contributed by atoms with E-state index in [4.69, 9.17) is 5.11 Å². The fourth-order valence-corrected chi connectivity index (χ4v) is 2.15. The van der Waals surface area contributed by atoms with Gasteiger partial charge in [0.05, 0.1) is 0 Å². The molecular formula is C13H19NO. The van der Waals surface area contributed by atoms with Crippen LogP contribution in [0.4, 0.5) is 0 Å². The van der Waals surface area contributed by atoms with E-state index in [0.29, 0.717) is 0 Å². The molecular weight excluding hydrogens is 186 g/mol. The fourth-order valence-electron chi connectivity index (χ4n) is 2.15. The maximum Gasteiger partial charge on any atom is 0.0434 e. The number of nitrogens with one attached hydrogen (secondary N) is 1. The van der Waals surface area contributed by atoms with Gasteiger partial charge < -0.3 is 10.4 Å². The molecule has 2 N–H and O–H groups in total. The number of aryl methyl sites for hydroxylation is 2. The first kappa shape index (κ1) is 10.7. The van der Waals surface area contributed by atoms with Crippen LogP contribution in [-0.2, 0) is 19.4 Å². The molecule has 2 heteroatoms. The van der Waals surface area contributed by atoms with Crippen LogP contribution < -0.4 is 5.32 Å². The number of aliphatic hydroxyl groups is 1. The number of benzene rings is 1. The Bertz CT molecular complexity index is 322. The predicted octanol–water partition coefficient (Wildman–Crippen LogP) is 1.65. The summed E-state index contributed by atoms with van der Waals surface area (Å²) in [5.41, 5.74) is 4.29. The van der Waals surface area contributed by atoms with Gasteiger partial charge in [0.2, 0.25) is 0 Å². The summed E-state index contributed by atoms with van der Waals surface area (Å²) in [5.74, 6) is 0. The molecule has 0 saturated heterocycles. The summed E-state index contributed by atoms with van der Waals surface area (Å²) in [6.07, 6.45) is 4.29. The standard InChI is InChI=1S/C13H19NO/c15-8-2-3-11-5-6-12-4-1-7-14-10-13(12)9-11/h5-6,9,14-15H,1-4,7-8,10H2. The van der Waals surface area contributed by atoms with Gasteiger partial charge in [-0.25, -0.2) is 0 Å². The van der Waals surface area contributed by atoms with Crippen LogP contribution in [0, 0.1) is 0 Å². The van der Waals surface area contributed by atoms with E-state index in [1.165, 1.54) is 29.5 Å². The van der Waals surface area contributed by atoms with E-state index in [0.717, 1.165) is 25.9 Å². The van der Waals surface area contributed by atoms with Gasteiger partial charge in [-0.3, -0.25) is 0 Å². The third kappa shape index (κ3) is 2.80. The van der Waals surface area contributed by atoms with E-state index in [1.807, 2.05) is 0 Å². The van der Waals surface area contributed by atoms with Gasteiger partial charge in [0, 0.05) is 13.2 Å². The van der Waals surface area contributed by atoms with Crippen LogP contribution in [0.15, 0.2) is 18.2 Å². The average molecular weight is 205 g/mol. The Morgan fingerprint density at radius 3 is 3.07 bits per heavy atom. The van der Waals surface area contributed by atoms with E-state index in [9.17, 15) is 0 Å². The van der Waals surface area contributed by atoms with Crippen LogP contribution in [0.5, 0.6) is 0 Å². The van der Waals surface area contributed by atoms with E-state index in [-0.39, 0.29) is 6.61 Å². The van der Waals surface area contributed by atoms with Gasteiger partial charge in [-0.05, 0) is 48.9 Å². The number of fused-ring (bicyclic) bond motifs is 1. The zero-order valence-electron chi connectivity index (χ0n) is 9.13. The summed E-state index contributed by atoms with van der Waals surface area (Å²) in [4.78, 5) is 0. The van der Waals surface area contributed by atoms with Crippen molar-refractivity contribution >= 4 is 0 Å². The molecule has 1 aliphatic rings. The van der Waals surface area contributed by atoms with Crippen molar-refractivity contribution in [2.75, 3.05) is 13.2 Å². The predicted molar refractivity (Wildman–Crippen MR) is 61.9 cm³/mol. The monoisotopic (exact) mass is 205 g/mol. The molecule has 2 rings (SSSR count). The first-order valence-electron chi connectivity index (χ1n) is 5.82.